The predicted molar refractivity (Wildman–Crippen MR) is 92.8 cm³/mol. The minimum Gasteiger partial charge on any atom is -0.339 e. The van der Waals surface area contributed by atoms with Crippen molar-refractivity contribution < 1.29 is 4.79 Å². The molecule has 0 radical (unpaired) electrons. The predicted octanol–water partition coefficient (Wildman–Crippen LogP) is 3.30. The van der Waals surface area contributed by atoms with E-state index in [0.29, 0.717) is 5.92 Å². The molecule has 0 unspecified atom stereocenters. The fourth-order valence-corrected chi connectivity index (χ4v) is 3.61. The van der Waals surface area contributed by atoms with Gasteiger partial charge in [-0.3, -0.25) is 4.79 Å². The Morgan fingerprint density at radius 1 is 1.09 bits per heavy atom. The van der Waals surface area contributed by atoms with Gasteiger partial charge in [-0.1, -0.05) is 26.0 Å². The van der Waals surface area contributed by atoms with Crippen molar-refractivity contribution in [3.63, 3.8) is 0 Å². The van der Waals surface area contributed by atoms with E-state index in [1.165, 1.54) is 5.56 Å². The van der Waals surface area contributed by atoms with Gasteiger partial charge < -0.3 is 10.2 Å². The van der Waals surface area contributed by atoms with Crippen molar-refractivity contribution in [2.45, 2.75) is 32.6 Å². The molecule has 0 bridgehead atoms. The molecule has 1 aromatic carbocycles. The van der Waals surface area contributed by atoms with Crippen LogP contribution < -0.4 is 5.32 Å². The standard InChI is InChI=1S/C18H26N2O.ClH/c1-13(2)14-3-5-15(6-4-14)18(21)20-9-7-16-11-19-12-17(16)8-10-20;/h3-6,13,16-17,19H,7-12H2,1-2H3;1H/t16-,17+;. The Kier molecular flexibility index (Phi) is 5.87. The lowest BCUT2D eigenvalue weighted by atomic mass is 9.92. The van der Waals surface area contributed by atoms with Crippen LogP contribution in [0.15, 0.2) is 24.3 Å². The van der Waals surface area contributed by atoms with Crippen molar-refractivity contribution in [3.05, 3.63) is 35.4 Å². The molecule has 2 aliphatic rings. The number of hydrogen-bond acceptors (Lipinski definition) is 2. The van der Waals surface area contributed by atoms with Gasteiger partial charge in [0.05, 0.1) is 0 Å². The molecular weight excluding hydrogens is 296 g/mol. The van der Waals surface area contributed by atoms with E-state index in [1.54, 1.807) is 0 Å². The third-order valence-electron chi connectivity index (χ3n) is 5.13. The first-order valence-corrected chi connectivity index (χ1v) is 8.25. The normalized spacial score (nSPS) is 24.6. The molecule has 2 atom stereocenters. The number of hydrogen-bond donors (Lipinski definition) is 1. The van der Waals surface area contributed by atoms with Gasteiger partial charge in [-0.15, -0.1) is 12.4 Å². The highest BCUT2D eigenvalue weighted by molar-refractivity contribution is 5.94. The summed E-state index contributed by atoms with van der Waals surface area (Å²) >= 11 is 0. The van der Waals surface area contributed by atoms with Crippen LogP contribution in [0.25, 0.3) is 0 Å². The van der Waals surface area contributed by atoms with Crippen LogP contribution in [0.1, 0.15) is 48.5 Å². The molecule has 0 aromatic heterocycles. The third-order valence-corrected chi connectivity index (χ3v) is 5.13. The Morgan fingerprint density at radius 3 is 2.14 bits per heavy atom. The number of amides is 1. The summed E-state index contributed by atoms with van der Waals surface area (Å²) < 4.78 is 0. The average molecular weight is 323 g/mol. The molecule has 1 aromatic rings. The average Bonchev–Trinajstić information content (AvgIpc) is 2.85. The van der Waals surface area contributed by atoms with Gasteiger partial charge in [-0.25, -0.2) is 0 Å². The van der Waals surface area contributed by atoms with E-state index in [0.717, 1.165) is 56.4 Å². The van der Waals surface area contributed by atoms with Crippen molar-refractivity contribution in [2.75, 3.05) is 26.2 Å². The smallest absolute Gasteiger partial charge is 0.253 e. The first kappa shape index (κ1) is 17.3. The molecule has 0 spiro atoms. The molecule has 2 heterocycles. The first-order chi connectivity index (χ1) is 10.1. The second kappa shape index (κ2) is 7.47. The van der Waals surface area contributed by atoms with E-state index in [-0.39, 0.29) is 18.3 Å². The van der Waals surface area contributed by atoms with Gasteiger partial charge in [0.1, 0.15) is 0 Å². The number of nitrogens with zero attached hydrogens (tertiary/aromatic N) is 1. The molecule has 1 N–H and O–H groups in total. The quantitative estimate of drug-likeness (QED) is 0.906. The van der Waals surface area contributed by atoms with Crippen molar-refractivity contribution in [1.29, 1.82) is 0 Å². The van der Waals surface area contributed by atoms with Gasteiger partial charge in [0.2, 0.25) is 0 Å². The molecular formula is C18H27ClN2O. The fraction of sp³-hybridized carbons (Fsp3) is 0.611. The molecule has 4 heteroatoms. The summed E-state index contributed by atoms with van der Waals surface area (Å²) in [6, 6.07) is 8.17. The fourth-order valence-electron chi connectivity index (χ4n) is 3.61. The number of likely N-dealkylation sites (tertiary alicyclic amines) is 1. The van der Waals surface area contributed by atoms with E-state index < -0.39 is 0 Å². The molecule has 0 saturated carbocycles. The molecule has 3 nitrogen and oxygen atoms in total. The largest absolute Gasteiger partial charge is 0.339 e. The van der Waals surface area contributed by atoms with Crippen molar-refractivity contribution >= 4 is 18.3 Å². The van der Waals surface area contributed by atoms with E-state index in [1.807, 2.05) is 12.1 Å². The van der Waals surface area contributed by atoms with Crippen LogP contribution in [-0.2, 0) is 0 Å². The maximum Gasteiger partial charge on any atom is 0.253 e. The summed E-state index contributed by atoms with van der Waals surface area (Å²) in [7, 11) is 0. The maximum atomic E-state index is 12.7. The second-order valence-electron chi connectivity index (χ2n) is 6.82. The minimum absolute atomic E-state index is 0. The molecule has 0 aliphatic carbocycles. The lowest BCUT2D eigenvalue weighted by molar-refractivity contribution is 0.0758. The van der Waals surface area contributed by atoms with Crippen LogP contribution in [-0.4, -0.2) is 37.0 Å². The number of fused-ring (bicyclic) bond motifs is 1. The van der Waals surface area contributed by atoms with Crippen LogP contribution >= 0.6 is 12.4 Å². The molecule has 3 rings (SSSR count). The molecule has 122 valence electrons. The zero-order valence-corrected chi connectivity index (χ0v) is 14.4. The molecule has 1 amide bonds. The first-order valence-electron chi connectivity index (χ1n) is 8.25. The maximum absolute atomic E-state index is 12.7. The highest BCUT2D eigenvalue weighted by Gasteiger charge is 2.31. The molecule has 2 aliphatic heterocycles. The van der Waals surface area contributed by atoms with Crippen molar-refractivity contribution in [3.8, 4) is 0 Å². The summed E-state index contributed by atoms with van der Waals surface area (Å²) in [5, 5.41) is 3.48. The summed E-state index contributed by atoms with van der Waals surface area (Å²) in [6.45, 7) is 8.45. The van der Waals surface area contributed by atoms with Crippen LogP contribution in [0.4, 0.5) is 0 Å². The third kappa shape index (κ3) is 3.64. The van der Waals surface area contributed by atoms with E-state index in [4.69, 9.17) is 0 Å². The number of carbonyl (C=O) groups excluding carboxylic acids is 1. The number of benzene rings is 1. The SMILES string of the molecule is CC(C)c1ccc(C(=O)N2CC[C@@H]3CNC[C@@H]3CC2)cc1.Cl. The Balaban J connectivity index is 0.00000176. The Morgan fingerprint density at radius 2 is 1.64 bits per heavy atom. The number of nitrogens with one attached hydrogen (secondary N) is 1. The summed E-state index contributed by atoms with van der Waals surface area (Å²) in [4.78, 5) is 14.7. The Hall–Kier alpha value is -1.06. The molecule has 2 fully saturated rings. The zero-order valence-electron chi connectivity index (χ0n) is 13.5. The molecule has 2 saturated heterocycles. The van der Waals surface area contributed by atoms with E-state index in [9.17, 15) is 4.79 Å². The highest BCUT2D eigenvalue weighted by atomic mass is 35.5. The minimum atomic E-state index is 0. The number of carbonyl (C=O) groups is 1. The summed E-state index contributed by atoms with van der Waals surface area (Å²) in [6.07, 6.45) is 2.29. The zero-order chi connectivity index (χ0) is 14.8. The molecule has 22 heavy (non-hydrogen) atoms. The second-order valence-corrected chi connectivity index (χ2v) is 6.82. The number of rotatable bonds is 2. The van der Waals surface area contributed by atoms with Crippen LogP contribution in [0.5, 0.6) is 0 Å². The van der Waals surface area contributed by atoms with Gasteiger partial charge >= 0.3 is 0 Å². The van der Waals surface area contributed by atoms with Crippen LogP contribution in [0.3, 0.4) is 0 Å². The van der Waals surface area contributed by atoms with E-state index >= 15 is 0 Å². The summed E-state index contributed by atoms with van der Waals surface area (Å²) in [5.41, 5.74) is 2.13. The highest BCUT2D eigenvalue weighted by Crippen LogP contribution is 2.27. The Labute approximate surface area is 139 Å². The van der Waals surface area contributed by atoms with Gasteiger partial charge in [-0.2, -0.15) is 0 Å². The van der Waals surface area contributed by atoms with Crippen molar-refractivity contribution in [2.24, 2.45) is 11.8 Å². The van der Waals surface area contributed by atoms with Gasteiger partial charge in [0.25, 0.3) is 5.91 Å². The lowest BCUT2D eigenvalue weighted by Gasteiger charge is -2.21. The monoisotopic (exact) mass is 322 g/mol. The summed E-state index contributed by atoms with van der Waals surface area (Å²) in [5.74, 6) is 2.26. The van der Waals surface area contributed by atoms with Gasteiger partial charge in [0, 0.05) is 18.7 Å². The lowest BCUT2D eigenvalue weighted by Crippen LogP contribution is -2.32. The number of halogens is 1. The Bertz CT molecular complexity index is 486. The van der Waals surface area contributed by atoms with Gasteiger partial charge in [-0.05, 0) is 61.4 Å². The van der Waals surface area contributed by atoms with Crippen molar-refractivity contribution in [1.82, 2.24) is 10.2 Å². The topological polar surface area (TPSA) is 32.3 Å². The van der Waals surface area contributed by atoms with Crippen LogP contribution in [0.2, 0.25) is 0 Å². The van der Waals surface area contributed by atoms with Gasteiger partial charge in [0.15, 0.2) is 0 Å². The van der Waals surface area contributed by atoms with Crippen LogP contribution in [0, 0.1) is 11.8 Å². The van der Waals surface area contributed by atoms with E-state index in [2.05, 4.69) is 36.2 Å².